The molecule has 5 nitrogen and oxygen atoms in total. The summed E-state index contributed by atoms with van der Waals surface area (Å²) in [6.45, 7) is 1.01. The van der Waals surface area contributed by atoms with Crippen LogP contribution in [0.2, 0.25) is 0 Å². The van der Waals surface area contributed by atoms with E-state index in [1.165, 1.54) is 0 Å². The number of carbonyl (C=O) groups excluding carboxylic acids is 1. The number of carbonyl (C=O) groups is 1. The summed E-state index contributed by atoms with van der Waals surface area (Å²) in [7, 11) is 2.00. The molecule has 0 aliphatic carbocycles. The second kappa shape index (κ2) is 8.78. The van der Waals surface area contributed by atoms with E-state index in [4.69, 9.17) is 4.74 Å². The Bertz CT molecular complexity index is 929. The van der Waals surface area contributed by atoms with Crippen LogP contribution >= 0.6 is 0 Å². The molecular weight excluding hydrogens is 362 g/mol. The van der Waals surface area contributed by atoms with E-state index in [0.29, 0.717) is 13.2 Å². The highest BCUT2D eigenvalue weighted by Crippen LogP contribution is 2.33. The van der Waals surface area contributed by atoms with E-state index in [-0.39, 0.29) is 12.1 Å². The predicted octanol–water partition coefficient (Wildman–Crippen LogP) is 5.32. The summed E-state index contributed by atoms with van der Waals surface area (Å²) in [4.78, 5) is 21.1. The average molecular weight is 387 g/mol. The summed E-state index contributed by atoms with van der Waals surface area (Å²) in [6.07, 6.45) is 3.51. The van der Waals surface area contributed by atoms with E-state index in [9.17, 15) is 4.79 Å². The van der Waals surface area contributed by atoms with Crippen molar-refractivity contribution in [3.8, 4) is 0 Å². The lowest BCUT2D eigenvalue weighted by molar-refractivity contribution is 0.0920. The molecule has 29 heavy (non-hydrogen) atoms. The number of hydrogen-bond donors (Lipinski definition) is 0. The second-order valence-corrected chi connectivity index (χ2v) is 7.24. The van der Waals surface area contributed by atoms with E-state index >= 15 is 0 Å². The number of aromatic nitrogens is 1. The van der Waals surface area contributed by atoms with Gasteiger partial charge in [0.2, 0.25) is 0 Å². The number of para-hydroxylation sites is 1. The molecule has 1 fully saturated rings. The van der Waals surface area contributed by atoms with E-state index in [0.717, 1.165) is 35.5 Å². The van der Waals surface area contributed by atoms with Crippen molar-refractivity contribution < 1.29 is 9.53 Å². The Kier molecular flexibility index (Phi) is 5.75. The van der Waals surface area contributed by atoms with Crippen LogP contribution in [0.3, 0.4) is 0 Å². The molecule has 1 aromatic heterocycles. The van der Waals surface area contributed by atoms with Crippen LogP contribution in [0.5, 0.6) is 0 Å². The molecule has 0 unspecified atom stereocenters. The zero-order chi connectivity index (χ0) is 20.1. The van der Waals surface area contributed by atoms with E-state index < -0.39 is 0 Å². The van der Waals surface area contributed by atoms with Crippen molar-refractivity contribution in [2.75, 3.05) is 18.5 Å². The van der Waals surface area contributed by atoms with Crippen LogP contribution in [0, 0.1) is 0 Å². The van der Waals surface area contributed by atoms with Gasteiger partial charge in [0.05, 0.1) is 6.04 Å². The number of pyridine rings is 1. The molecule has 0 spiro atoms. The Hall–Kier alpha value is -3.34. The van der Waals surface area contributed by atoms with Gasteiger partial charge in [0.1, 0.15) is 12.4 Å². The van der Waals surface area contributed by atoms with Gasteiger partial charge < -0.3 is 14.5 Å². The number of amides is 1. The molecule has 2 aromatic carbocycles. The normalized spacial score (nSPS) is 15.9. The van der Waals surface area contributed by atoms with Crippen LogP contribution < -0.4 is 4.90 Å². The van der Waals surface area contributed by atoms with Gasteiger partial charge in [-0.25, -0.2) is 9.78 Å². The molecule has 1 atom stereocenters. The molecule has 1 amide bonds. The fourth-order valence-corrected chi connectivity index (χ4v) is 3.71. The highest BCUT2D eigenvalue weighted by molar-refractivity contribution is 5.69. The van der Waals surface area contributed by atoms with Gasteiger partial charge in [0.25, 0.3) is 0 Å². The minimum absolute atomic E-state index is 0.0156. The molecule has 148 valence electrons. The van der Waals surface area contributed by atoms with Gasteiger partial charge in [-0.15, -0.1) is 0 Å². The number of likely N-dealkylation sites (tertiary alicyclic amines) is 1. The molecule has 0 saturated carbocycles. The summed E-state index contributed by atoms with van der Waals surface area (Å²) in [5.41, 5.74) is 3.12. The molecule has 1 saturated heterocycles. The van der Waals surface area contributed by atoms with Crippen LogP contribution in [0.1, 0.15) is 30.0 Å². The topological polar surface area (TPSA) is 45.7 Å². The quantitative estimate of drug-likeness (QED) is 0.594. The number of ether oxygens (including phenoxy) is 1. The lowest BCUT2D eigenvalue weighted by Gasteiger charge is -2.25. The number of rotatable bonds is 5. The van der Waals surface area contributed by atoms with Crippen molar-refractivity contribution in [3.05, 3.63) is 90.1 Å². The first-order valence-corrected chi connectivity index (χ1v) is 9.94. The SMILES string of the molecule is CN(c1ccccc1)c1ccc([C@@H]2CCCN2C(=O)OCc2ccccc2)cn1. The van der Waals surface area contributed by atoms with E-state index in [1.54, 1.807) is 0 Å². The summed E-state index contributed by atoms with van der Waals surface area (Å²) < 4.78 is 5.54. The predicted molar refractivity (Wildman–Crippen MR) is 114 cm³/mol. The Morgan fingerprint density at radius 2 is 1.79 bits per heavy atom. The van der Waals surface area contributed by atoms with Crippen molar-refractivity contribution >= 4 is 17.6 Å². The molecule has 0 radical (unpaired) electrons. The minimum atomic E-state index is -0.262. The van der Waals surface area contributed by atoms with Crippen LogP contribution in [-0.2, 0) is 11.3 Å². The van der Waals surface area contributed by atoms with Crippen molar-refractivity contribution in [2.45, 2.75) is 25.5 Å². The monoisotopic (exact) mass is 387 g/mol. The Morgan fingerprint density at radius 3 is 2.48 bits per heavy atom. The van der Waals surface area contributed by atoms with Crippen molar-refractivity contribution in [2.24, 2.45) is 0 Å². The third-order valence-electron chi connectivity index (χ3n) is 5.34. The van der Waals surface area contributed by atoms with Crippen LogP contribution in [0.15, 0.2) is 79.0 Å². The van der Waals surface area contributed by atoms with Gasteiger partial charge in [0.15, 0.2) is 0 Å². The average Bonchev–Trinajstić information content (AvgIpc) is 3.28. The maximum atomic E-state index is 12.6. The molecule has 5 heteroatoms. The molecule has 0 N–H and O–H groups in total. The maximum absolute atomic E-state index is 12.6. The number of anilines is 2. The van der Waals surface area contributed by atoms with Crippen LogP contribution in [-0.4, -0.2) is 29.6 Å². The Labute approximate surface area is 171 Å². The summed E-state index contributed by atoms with van der Waals surface area (Å²) in [6, 6.07) is 24.0. The fourth-order valence-electron chi connectivity index (χ4n) is 3.71. The molecule has 1 aliphatic rings. The van der Waals surface area contributed by atoms with Crippen LogP contribution in [0.4, 0.5) is 16.3 Å². The van der Waals surface area contributed by atoms with Gasteiger partial charge >= 0.3 is 6.09 Å². The van der Waals surface area contributed by atoms with Gasteiger partial charge in [-0.1, -0.05) is 54.6 Å². The van der Waals surface area contributed by atoms with Gasteiger partial charge in [-0.05, 0) is 42.2 Å². The van der Waals surface area contributed by atoms with E-state index in [1.807, 2.05) is 77.6 Å². The van der Waals surface area contributed by atoms with Crippen molar-refractivity contribution in [1.29, 1.82) is 0 Å². The Morgan fingerprint density at radius 1 is 1.07 bits per heavy atom. The molecule has 0 bridgehead atoms. The zero-order valence-electron chi connectivity index (χ0n) is 16.6. The maximum Gasteiger partial charge on any atom is 0.410 e. The molecule has 4 rings (SSSR count). The van der Waals surface area contributed by atoms with Gasteiger partial charge in [0, 0.05) is 25.5 Å². The highest BCUT2D eigenvalue weighted by Gasteiger charge is 2.31. The van der Waals surface area contributed by atoms with Crippen LogP contribution in [0.25, 0.3) is 0 Å². The summed E-state index contributed by atoms with van der Waals surface area (Å²) in [5, 5.41) is 0. The molecule has 2 heterocycles. The van der Waals surface area contributed by atoms with E-state index in [2.05, 4.69) is 23.2 Å². The third-order valence-corrected chi connectivity index (χ3v) is 5.34. The lowest BCUT2D eigenvalue weighted by Crippen LogP contribution is -2.31. The standard InChI is InChI=1S/C24H25N3O2/c1-26(21-11-6-3-7-12-21)23-15-14-20(17-25-23)22-13-8-16-27(22)24(28)29-18-19-9-4-2-5-10-19/h2-7,9-12,14-15,17,22H,8,13,16,18H2,1H3/t22-/m0/s1. The molecule has 3 aromatic rings. The number of benzene rings is 2. The van der Waals surface area contributed by atoms with Gasteiger partial charge in [-0.3, -0.25) is 0 Å². The largest absolute Gasteiger partial charge is 0.445 e. The Balaban J connectivity index is 1.42. The lowest BCUT2D eigenvalue weighted by atomic mass is 10.1. The van der Waals surface area contributed by atoms with Crippen molar-refractivity contribution in [1.82, 2.24) is 9.88 Å². The second-order valence-electron chi connectivity index (χ2n) is 7.24. The zero-order valence-corrected chi connectivity index (χ0v) is 16.6. The molecule has 1 aliphatic heterocycles. The van der Waals surface area contributed by atoms with Gasteiger partial charge in [-0.2, -0.15) is 0 Å². The molecular formula is C24H25N3O2. The highest BCUT2D eigenvalue weighted by atomic mass is 16.6. The minimum Gasteiger partial charge on any atom is -0.445 e. The fraction of sp³-hybridized carbons (Fsp3) is 0.250. The third kappa shape index (κ3) is 4.40. The first-order valence-electron chi connectivity index (χ1n) is 9.94. The smallest absolute Gasteiger partial charge is 0.410 e. The summed E-state index contributed by atoms with van der Waals surface area (Å²) in [5.74, 6) is 0.871. The number of hydrogen-bond acceptors (Lipinski definition) is 4. The summed E-state index contributed by atoms with van der Waals surface area (Å²) >= 11 is 0. The first kappa shape index (κ1) is 19.0. The van der Waals surface area contributed by atoms with Crippen molar-refractivity contribution in [3.63, 3.8) is 0 Å². The first-order chi connectivity index (χ1) is 14.2. The number of nitrogens with zero attached hydrogens (tertiary/aromatic N) is 3.